The third kappa shape index (κ3) is 2.70. The maximum Gasteiger partial charge on any atom is 0.249 e. The first-order chi connectivity index (χ1) is 7.74. The Morgan fingerprint density at radius 3 is 2.38 bits per heavy atom. The van der Waals surface area contributed by atoms with E-state index < -0.39 is 0 Å². The van der Waals surface area contributed by atoms with Crippen molar-refractivity contribution in [3.05, 3.63) is 47.5 Å². The van der Waals surface area contributed by atoms with Gasteiger partial charge in [0.05, 0.1) is 0 Å². The lowest BCUT2D eigenvalue weighted by Crippen LogP contribution is -1.87. The van der Waals surface area contributed by atoms with Crippen LogP contribution in [0.25, 0.3) is 0 Å². The van der Waals surface area contributed by atoms with Gasteiger partial charge in [-0.1, -0.05) is 6.07 Å². The molecule has 0 fully saturated rings. The SMILES string of the molecule is Cc1cnc(N=Cc2ccc(C)nc2)nc1. The minimum Gasteiger partial charge on any atom is -0.261 e. The van der Waals surface area contributed by atoms with Gasteiger partial charge >= 0.3 is 0 Å². The molecule has 0 spiro atoms. The third-order valence-electron chi connectivity index (χ3n) is 2.03. The summed E-state index contributed by atoms with van der Waals surface area (Å²) >= 11 is 0. The van der Waals surface area contributed by atoms with Gasteiger partial charge in [-0.3, -0.25) is 4.98 Å². The van der Waals surface area contributed by atoms with Gasteiger partial charge in [0.25, 0.3) is 0 Å². The molecule has 0 saturated carbocycles. The fraction of sp³-hybridized carbons (Fsp3) is 0.167. The van der Waals surface area contributed by atoms with Crippen LogP contribution in [0.4, 0.5) is 5.95 Å². The molecular weight excluding hydrogens is 200 g/mol. The number of aromatic nitrogens is 3. The lowest BCUT2D eigenvalue weighted by molar-refractivity contribution is 1.11. The Morgan fingerprint density at radius 2 is 1.75 bits per heavy atom. The zero-order chi connectivity index (χ0) is 11.4. The summed E-state index contributed by atoms with van der Waals surface area (Å²) in [5, 5.41) is 0. The first kappa shape index (κ1) is 10.4. The van der Waals surface area contributed by atoms with E-state index in [4.69, 9.17) is 0 Å². The monoisotopic (exact) mass is 212 g/mol. The van der Waals surface area contributed by atoms with E-state index in [1.165, 1.54) is 0 Å². The minimum absolute atomic E-state index is 0.464. The van der Waals surface area contributed by atoms with Gasteiger partial charge in [0, 0.05) is 36.1 Å². The van der Waals surface area contributed by atoms with Gasteiger partial charge in [-0.25, -0.2) is 15.0 Å². The lowest BCUT2D eigenvalue weighted by atomic mass is 10.3. The molecule has 4 nitrogen and oxygen atoms in total. The molecule has 0 atom stereocenters. The summed E-state index contributed by atoms with van der Waals surface area (Å²) in [5.74, 6) is 0.464. The Balaban J connectivity index is 2.15. The first-order valence-corrected chi connectivity index (χ1v) is 4.99. The molecule has 2 aromatic heterocycles. The number of hydrogen-bond donors (Lipinski definition) is 0. The standard InChI is InChI=1S/C12H12N4/c1-9-5-14-12(15-6-9)16-8-11-4-3-10(2)13-7-11/h3-8H,1-2H3. The van der Waals surface area contributed by atoms with Crippen molar-refractivity contribution in [2.75, 3.05) is 0 Å². The number of aliphatic imine (C=N–C) groups is 1. The molecule has 0 aliphatic heterocycles. The van der Waals surface area contributed by atoms with E-state index >= 15 is 0 Å². The molecule has 0 saturated heterocycles. The van der Waals surface area contributed by atoms with Gasteiger partial charge in [0.1, 0.15) is 0 Å². The van der Waals surface area contributed by atoms with Crippen LogP contribution in [-0.4, -0.2) is 21.2 Å². The largest absolute Gasteiger partial charge is 0.261 e. The quantitative estimate of drug-likeness (QED) is 0.717. The zero-order valence-corrected chi connectivity index (χ0v) is 9.25. The van der Waals surface area contributed by atoms with Crippen LogP contribution in [0.1, 0.15) is 16.8 Å². The Bertz CT molecular complexity index is 438. The van der Waals surface area contributed by atoms with Crippen LogP contribution in [-0.2, 0) is 0 Å². The van der Waals surface area contributed by atoms with Crippen molar-refractivity contribution in [1.82, 2.24) is 15.0 Å². The Morgan fingerprint density at radius 1 is 1.00 bits per heavy atom. The van der Waals surface area contributed by atoms with Crippen LogP contribution in [0, 0.1) is 13.8 Å². The molecule has 2 aromatic rings. The van der Waals surface area contributed by atoms with E-state index in [0.717, 1.165) is 16.8 Å². The number of hydrogen-bond acceptors (Lipinski definition) is 4. The van der Waals surface area contributed by atoms with Crippen molar-refractivity contribution < 1.29 is 0 Å². The molecule has 0 aliphatic carbocycles. The molecule has 16 heavy (non-hydrogen) atoms. The van der Waals surface area contributed by atoms with Gasteiger partial charge in [-0.05, 0) is 25.5 Å². The van der Waals surface area contributed by atoms with E-state index in [1.807, 2.05) is 26.0 Å². The molecule has 80 valence electrons. The van der Waals surface area contributed by atoms with Crippen LogP contribution in [0.5, 0.6) is 0 Å². The second-order valence-corrected chi connectivity index (χ2v) is 3.55. The van der Waals surface area contributed by atoms with E-state index in [0.29, 0.717) is 5.95 Å². The number of pyridine rings is 1. The molecule has 4 heteroatoms. The molecular formula is C12H12N4. The van der Waals surface area contributed by atoms with Gasteiger partial charge in [-0.15, -0.1) is 0 Å². The second-order valence-electron chi connectivity index (χ2n) is 3.55. The highest BCUT2D eigenvalue weighted by molar-refractivity contribution is 5.80. The molecule has 2 heterocycles. The molecule has 0 bridgehead atoms. The minimum atomic E-state index is 0.464. The first-order valence-electron chi connectivity index (χ1n) is 4.99. The highest BCUT2D eigenvalue weighted by Gasteiger charge is 1.92. The number of aryl methyl sites for hydroxylation is 2. The topological polar surface area (TPSA) is 51.0 Å². The molecule has 0 amide bonds. The van der Waals surface area contributed by atoms with E-state index in [1.54, 1.807) is 24.8 Å². The van der Waals surface area contributed by atoms with Crippen molar-refractivity contribution in [2.24, 2.45) is 4.99 Å². The summed E-state index contributed by atoms with van der Waals surface area (Å²) < 4.78 is 0. The lowest BCUT2D eigenvalue weighted by Gasteiger charge is -1.94. The maximum absolute atomic E-state index is 4.17. The predicted molar refractivity (Wildman–Crippen MR) is 63.0 cm³/mol. The maximum atomic E-state index is 4.17. The molecule has 0 aliphatic rings. The molecule has 0 aromatic carbocycles. The molecule has 0 radical (unpaired) electrons. The summed E-state index contributed by atoms with van der Waals surface area (Å²) in [7, 11) is 0. The fourth-order valence-corrected chi connectivity index (χ4v) is 1.14. The zero-order valence-electron chi connectivity index (χ0n) is 9.25. The second kappa shape index (κ2) is 4.61. The van der Waals surface area contributed by atoms with Crippen LogP contribution in [0.15, 0.2) is 35.7 Å². The van der Waals surface area contributed by atoms with E-state index in [-0.39, 0.29) is 0 Å². The van der Waals surface area contributed by atoms with Crippen molar-refractivity contribution in [3.63, 3.8) is 0 Å². The van der Waals surface area contributed by atoms with Crippen molar-refractivity contribution >= 4 is 12.2 Å². The van der Waals surface area contributed by atoms with Crippen molar-refractivity contribution in [2.45, 2.75) is 13.8 Å². The Hall–Kier alpha value is -2.10. The highest BCUT2D eigenvalue weighted by Crippen LogP contribution is 2.03. The van der Waals surface area contributed by atoms with Gasteiger partial charge in [0.2, 0.25) is 5.95 Å². The smallest absolute Gasteiger partial charge is 0.249 e. The Kier molecular flexibility index (Phi) is 3.00. The van der Waals surface area contributed by atoms with Crippen LogP contribution in [0.3, 0.4) is 0 Å². The number of rotatable bonds is 2. The average Bonchev–Trinajstić information content (AvgIpc) is 2.30. The summed E-state index contributed by atoms with van der Waals surface area (Å²) in [6, 6.07) is 3.90. The normalized spacial score (nSPS) is 10.9. The van der Waals surface area contributed by atoms with Gasteiger partial charge in [-0.2, -0.15) is 0 Å². The van der Waals surface area contributed by atoms with Gasteiger partial charge in [0.15, 0.2) is 0 Å². The molecule has 0 N–H and O–H groups in total. The van der Waals surface area contributed by atoms with Crippen LogP contribution in [0.2, 0.25) is 0 Å². The van der Waals surface area contributed by atoms with Gasteiger partial charge < -0.3 is 0 Å². The van der Waals surface area contributed by atoms with Crippen LogP contribution >= 0.6 is 0 Å². The fourth-order valence-electron chi connectivity index (χ4n) is 1.14. The Labute approximate surface area is 94.1 Å². The van der Waals surface area contributed by atoms with Crippen LogP contribution < -0.4 is 0 Å². The van der Waals surface area contributed by atoms with Crippen molar-refractivity contribution in [1.29, 1.82) is 0 Å². The predicted octanol–water partition coefficient (Wildman–Crippen LogP) is 2.24. The summed E-state index contributed by atoms with van der Waals surface area (Å²) in [5.41, 5.74) is 2.95. The van der Waals surface area contributed by atoms with E-state index in [9.17, 15) is 0 Å². The molecule has 2 rings (SSSR count). The highest BCUT2D eigenvalue weighted by atomic mass is 15.0. The summed E-state index contributed by atoms with van der Waals surface area (Å²) in [4.78, 5) is 16.5. The summed E-state index contributed by atoms with van der Waals surface area (Å²) in [6.07, 6.45) is 6.96. The number of nitrogens with zero attached hydrogens (tertiary/aromatic N) is 4. The summed E-state index contributed by atoms with van der Waals surface area (Å²) in [6.45, 7) is 3.89. The third-order valence-corrected chi connectivity index (χ3v) is 2.03. The average molecular weight is 212 g/mol. The van der Waals surface area contributed by atoms with E-state index in [2.05, 4.69) is 19.9 Å². The van der Waals surface area contributed by atoms with Crippen molar-refractivity contribution in [3.8, 4) is 0 Å². The molecule has 0 unspecified atom stereocenters.